The molecule has 0 unspecified atom stereocenters. The summed E-state index contributed by atoms with van der Waals surface area (Å²) in [5, 5.41) is 0. The van der Waals surface area contributed by atoms with Crippen molar-refractivity contribution in [3.8, 4) is 0 Å². The van der Waals surface area contributed by atoms with E-state index in [4.69, 9.17) is 5.73 Å². The maximum absolute atomic E-state index is 12.5. The Bertz CT molecular complexity index is 706. The van der Waals surface area contributed by atoms with E-state index in [9.17, 15) is 9.59 Å². The summed E-state index contributed by atoms with van der Waals surface area (Å²) in [6.07, 6.45) is 1.44. The van der Waals surface area contributed by atoms with E-state index in [1.807, 2.05) is 18.2 Å². The highest BCUT2D eigenvalue weighted by atomic mass is 32.2. The maximum atomic E-state index is 12.5. The lowest BCUT2D eigenvalue weighted by atomic mass is 10.2. The summed E-state index contributed by atoms with van der Waals surface area (Å²) in [5.41, 5.74) is 7.51. The first-order chi connectivity index (χ1) is 9.65. The van der Waals surface area contributed by atoms with Gasteiger partial charge in [-0.15, -0.1) is 11.8 Å². The Morgan fingerprint density at radius 3 is 2.90 bits per heavy atom. The van der Waals surface area contributed by atoms with E-state index in [0.29, 0.717) is 17.8 Å². The zero-order valence-electron chi connectivity index (χ0n) is 10.6. The molecule has 0 fully saturated rings. The molecule has 0 aliphatic carbocycles. The number of carbonyl (C=O) groups is 1. The van der Waals surface area contributed by atoms with E-state index < -0.39 is 0 Å². The summed E-state index contributed by atoms with van der Waals surface area (Å²) in [5.74, 6) is 0.708. The fourth-order valence-corrected chi connectivity index (χ4v) is 3.12. The summed E-state index contributed by atoms with van der Waals surface area (Å²) in [6.45, 7) is 0.624. The number of nitrogens with two attached hydrogens (primary N) is 1. The number of nitrogens with zero attached hydrogens (tertiary/aromatic N) is 1. The molecule has 5 nitrogen and oxygen atoms in total. The van der Waals surface area contributed by atoms with Crippen molar-refractivity contribution in [1.29, 1.82) is 0 Å². The Hall–Kier alpha value is -2.21. The lowest BCUT2D eigenvalue weighted by Gasteiger charge is -2.29. The Kier molecular flexibility index (Phi) is 3.23. The van der Waals surface area contributed by atoms with Crippen LogP contribution in [0.25, 0.3) is 0 Å². The highest BCUT2D eigenvalue weighted by molar-refractivity contribution is 7.99. The van der Waals surface area contributed by atoms with Crippen LogP contribution in [0.4, 0.5) is 11.4 Å². The molecule has 1 aromatic heterocycles. The number of amides is 1. The number of benzene rings is 1. The molecular formula is C14H13N3O2S. The second-order valence-corrected chi connectivity index (χ2v) is 5.61. The normalized spacial score (nSPS) is 13.9. The quantitative estimate of drug-likeness (QED) is 0.783. The lowest BCUT2D eigenvalue weighted by Crippen LogP contribution is -2.35. The minimum atomic E-state index is -0.222. The summed E-state index contributed by atoms with van der Waals surface area (Å²) in [6, 6.07) is 8.47. The van der Waals surface area contributed by atoms with Crippen LogP contribution in [0, 0.1) is 0 Å². The fourth-order valence-electron chi connectivity index (χ4n) is 2.15. The number of aromatic amines is 1. The number of carbonyl (C=O) groups excluding carboxylic acids is 1. The van der Waals surface area contributed by atoms with Crippen molar-refractivity contribution in [3.05, 3.63) is 52.4 Å². The van der Waals surface area contributed by atoms with Gasteiger partial charge in [0.05, 0.1) is 11.3 Å². The Morgan fingerprint density at radius 2 is 2.15 bits per heavy atom. The zero-order chi connectivity index (χ0) is 14.1. The molecular weight excluding hydrogens is 274 g/mol. The van der Waals surface area contributed by atoms with Gasteiger partial charge in [-0.25, -0.2) is 0 Å². The minimum absolute atomic E-state index is 0.131. The third-order valence-electron chi connectivity index (χ3n) is 3.12. The predicted molar refractivity (Wildman–Crippen MR) is 80.3 cm³/mol. The topological polar surface area (TPSA) is 79.2 Å². The zero-order valence-corrected chi connectivity index (χ0v) is 11.4. The third-order valence-corrected chi connectivity index (χ3v) is 4.17. The van der Waals surface area contributed by atoms with Crippen molar-refractivity contribution in [2.24, 2.45) is 0 Å². The van der Waals surface area contributed by atoms with Gasteiger partial charge in [0.1, 0.15) is 0 Å². The molecule has 3 rings (SSSR count). The third kappa shape index (κ3) is 2.30. The molecule has 20 heavy (non-hydrogen) atoms. The average molecular weight is 287 g/mol. The van der Waals surface area contributed by atoms with Gasteiger partial charge in [-0.3, -0.25) is 9.59 Å². The van der Waals surface area contributed by atoms with E-state index in [-0.39, 0.29) is 11.5 Å². The molecule has 0 radical (unpaired) electrons. The van der Waals surface area contributed by atoms with E-state index in [2.05, 4.69) is 4.98 Å². The van der Waals surface area contributed by atoms with Crippen LogP contribution in [-0.2, 0) is 0 Å². The SMILES string of the molecule is Nc1ccc2c(c1)N(C(=O)c1ccc(=O)[nH]c1)CCS2. The van der Waals surface area contributed by atoms with Crippen molar-refractivity contribution >= 4 is 29.0 Å². The van der Waals surface area contributed by atoms with Crippen LogP contribution in [0.5, 0.6) is 0 Å². The summed E-state index contributed by atoms with van der Waals surface area (Å²) < 4.78 is 0. The first kappa shape index (κ1) is 12.8. The fraction of sp³-hybridized carbons (Fsp3) is 0.143. The lowest BCUT2D eigenvalue weighted by molar-refractivity contribution is 0.0987. The number of fused-ring (bicyclic) bond motifs is 1. The van der Waals surface area contributed by atoms with Gasteiger partial charge in [-0.1, -0.05) is 0 Å². The van der Waals surface area contributed by atoms with Crippen molar-refractivity contribution in [3.63, 3.8) is 0 Å². The standard InChI is InChI=1S/C14H13N3O2S/c15-10-2-3-12-11(7-10)17(5-6-20-12)14(19)9-1-4-13(18)16-8-9/h1-4,7-8H,5-6,15H2,(H,16,18). The van der Waals surface area contributed by atoms with Crippen molar-refractivity contribution < 1.29 is 4.79 Å². The van der Waals surface area contributed by atoms with Crippen molar-refractivity contribution in [1.82, 2.24) is 4.98 Å². The van der Waals surface area contributed by atoms with E-state index in [1.54, 1.807) is 16.7 Å². The Morgan fingerprint density at radius 1 is 1.30 bits per heavy atom. The number of H-pyrrole nitrogens is 1. The molecule has 1 aromatic carbocycles. The van der Waals surface area contributed by atoms with Crippen LogP contribution in [0.3, 0.4) is 0 Å². The number of thioether (sulfide) groups is 1. The molecule has 102 valence electrons. The van der Waals surface area contributed by atoms with Crippen LogP contribution >= 0.6 is 11.8 Å². The molecule has 0 bridgehead atoms. The first-order valence-corrected chi connectivity index (χ1v) is 7.16. The van der Waals surface area contributed by atoms with Crippen LogP contribution in [-0.4, -0.2) is 23.2 Å². The largest absolute Gasteiger partial charge is 0.399 e. The first-order valence-electron chi connectivity index (χ1n) is 6.18. The number of rotatable bonds is 1. The van der Waals surface area contributed by atoms with Crippen molar-refractivity contribution in [2.75, 3.05) is 22.9 Å². The Balaban J connectivity index is 1.99. The average Bonchev–Trinajstić information content (AvgIpc) is 2.46. The van der Waals surface area contributed by atoms with Crippen LogP contribution in [0.15, 0.2) is 46.2 Å². The molecule has 1 aliphatic heterocycles. The van der Waals surface area contributed by atoms with Gasteiger partial charge in [-0.05, 0) is 24.3 Å². The van der Waals surface area contributed by atoms with Gasteiger partial charge >= 0.3 is 0 Å². The summed E-state index contributed by atoms with van der Waals surface area (Å²) in [7, 11) is 0. The van der Waals surface area contributed by atoms with Crippen LogP contribution < -0.4 is 16.2 Å². The molecule has 2 heterocycles. The highest BCUT2D eigenvalue weighted by Gasteiger charge is 2.24. The van der Waals surface area contributed by atoms with E-state index >= 15 is 0 Å². The number of nitrogens with one attached hydrogen (secondary N) is 1. The van der Waals surface area contributed by atoms with Crippen LogP contribution in [0.2, 0.25) is 0 Å². The summed E-state index contributed by atoms with van der Waals surface area (Å²) in [4.78, 5) is 28.9. The van der Waals surface area contributed by atoms with Gasteiger partial charge in [-0.2, -0.15) is 0 Å². The second-order valence-electron chi connectivity index (χ2n) is 4.47. The number of hydrogen-bond donors (Lipinski definition) is 2. The minimum Gasteiger partial charge on any atom is -0.399 e. The second kappa shape index (κ2) is 5.05. The van der Waals surface area contributed by atoms with Crippen molar-refractivity contribution in [2.45, 2.75) is 4.90 Å². The van der Waals surface area contributed by atoms with Gasteiger partial charge in [0.15, 0.2) is 0 Å². The molecule has 1 amide bonds. The smallest absolute Gasteiger partial charge is 0.259 e. The Labute approximate surface area is 119 Å². The van der Waals surface area contributed by atoms with Crippen LogP contribution in [0.1, 0.15) is 10.4 Å². The highest BCUT2D eigenvalue weighted by Crippen LogP contribution is 2.36. The summed E-state index contributed by atoms with van der Waals surface area (Å²) >= 11 is 1.71. The van der Waals surface area contributed by atoms with Gasteiger partial charge in [0, 0.05) is 35.1 Å². The number of hydrogen-bond acceptors (Lipinski definition) is 4. The monoisotopic (exact) mass is 287 g/mol. The molecule has 1 aliphatic rings. The number of anilines is 2. The number of pyridine rings is 1. The van der Waals surface area contributed by atoms with Gasteiger partial charge in [0.25, 0.3) is 5.91 Å². The maximum Gasteiger partial charge on any atom is 0.259 e. The molecule has 0 saturated carbocycles. The van der Waals surface area contributed by atoms with E-state index in [1.165, 1.54) is 18.3 Å². The van der Waals surface area contributed by atoms with Gasteiger partial charge in [0.2, 0.25) is 5.56 Å². The molecule has 3 N–H and O–H groups in total. The molecule has 6 heteroatoms. The van der Waals surface area contributed by atoms with E-state index in [0.717, 1.165) is 16.3 Å². The molecule has 0 saturated heterocycles. The molecule has 2 aromatic rings. The predicted octanol–water partition coefficient (Wildman–Crippen LogP) is 1.71. The van der Waals surface area contributed by atoms with Gasteiger partial charge < -0.3 is 15.6 Å². The molecule has 0 spiro atoms. The molecule has 0 atom stereocenters. The number of aromatic nitrogens is 1. The number of nitrogen functional groups attached to an aromatic ring is 1.